The molecule has 1 amide bonds. The highest BCUT2D eigenvalue weighted by molar-refractivity contribution is 7.89. The summed E-state index contributed by atoms with van der Waals surface area (Å²) in [5.74, 6) is 0.394. The highest BCUT2D eigenvalue weighted by Gasteiger charge is 2.55. The van der Waals surface area contributed by atoms with Crippen LogP contribution in [0, 0.1) is 11.8 Å². The van der Waals surface area contributed by atoms with Crippen molar-refractivity contribution in [3.63, 3.8) is 0 Å². The molecule has 1 fully saturated rings. The van der Waals surface area contributed by atoms with Gasteiger partial charge in [0, 0.05) is 30.2 Å². The molecule has 1 spiro atoms. The average Bonchev–Trinajstić information content (AvgIpc) is 3.50. The Labute approximate surface area is 280 Å². The number of anilines is 1. The van der Waals surface area contributed by atoms with Gasteiger partial charge in [-0.3, -0.25) is 4.79 Å². The maximum atomic E-state index is 15.0. The van der Waals surface area contributed by atoms with Gasteiger partial charge >= 0.3 is 0 Å². The third-order valence-electron chi connectivity index (χ3n) is 10.1. The monoisotopic (exact) mass is 680 g/mol. The van der Waals surface area contributed by atoms with E-state index < -0.39 is 32.7 Å². The third kappa shape index (κ3) is 6.34. The predicted octanol–water partition coefficient (Wildman–Crippen LogP) is 4.86. The van der Waals surface area contributed by atoms with E-state index in [4.69, 9.17) is 26.5 Å². The van der Waals surface area contributed by atoms with E-state index in [2.05, 4.69) is 23.0 Å². The van der Waals surface area contributed by atoms with E-state index in [1.807, 2.05) is 12.1 Å². The zero-order valence-corrected chi connectivity index (χ0v) is 27.8. The number of aromatic nitrogens is 1. The van der Waals surface area contributed by atoms with E-state index in [-0.39, 0.29) is 38.1 Å². The molecule has 3 aromatic rings. The molecule has 0 saturated heterocycles. The van der Waals surface area contributed by atoms with E-state index in [9.17, 15) is 18.3 Å². The summed E-state index contributed by atoms with van der Waals surface area (Å²) < 4.78 is 43.5. The lowest BCUT2D eigenvalue weighted by Crippen LogP contribution is -2.60. The first-order valence-corrected chi connectivity index (χ1v) is 17.8. The van der Waals surface area contributed by atoms with Crippen molar-refractivity contribution >= 4 is 33.2 Å². The quantitative estimate of drug-likeness (QED) is 0.259. The number of nitrogens with two attached hydrogens (primary N) is 1. The molecule has 10 nitrogen and oxygen atoms in total. The van der Waals surface area contributed by atoms with Crippen molar-refractivity contribution in [3.05, 3.63) is 102 Å². The van der Waals surface area contributed by atoms with Gasteiger partial charge in [-0.25, -0.2) is 13.4 Å². The molecule has 12 heteroatoms. The molecule has 2 unspecified atom stereocenters. The molecule has 0 bridgehead atoms. The Kier molecular flexibility index (Phi) is 9.53. The first kappa shape index (κ1) is 33.3. The van der Waals surface area contributed by atoms with E-state index in [0.717, 1.165) is 24.0 Å². The van der Waals surface area contributed by atoms with Gasteiger partial charge in [-0.2, -0.15) is 4.31 Å². The normalized spacial score (nSPS) is 24.4. The highest BCUT2D eigenvalue weighted by Crippen LogP contribution is 2.49. The molecule has 47 heavy (non-hydrogen) atoms. The number of hydrogen-bond donors (Lipinski definition) is 2. The summed E-state index contributed by atoms with van der Waals surface area (Å²) in [6, 6.07) is 10.7. The first-order valence-electron chi connectivity index (χ1n) is 16.0. The molecular weight excluding hydrogens is 640 g/mol. The van der Waals surface area contributed by atoms with Crippen LogP contribution in [-0.2, 0) is 28.4 Å². The van der Waals surface area contributed by atoms with Crippen molar-refractivity contribution in [2.45, 2.75) is 55.4 Å². The van der Waals surface area contributed by atoms with Crippen LogP contribution < -0.4 is 15.4 Å². The predicted molar refractivity (Wildman–Crippen MR) is 181 cm³/mol. The van der Waals surface area contributed by atoms with E-state index in [1.165, 1.54) is 16.8 Å². The number of fused-ring (bicyclic) bond motifs is 3. The van der Waals surface area contributed by atoms with Gasteiger partial charge in [0.15, 0.2) is 0 Å². The molecule has 1 saturated carbocycles. The molecule has 250 valence electrons. The van der Waals surface area contributed by atoms with Crippen LogP contribution in [0.3, 0.4) is 0 Å². The van der Waals surface area contributed by atoms with Gasteiger partial charge in [0.2, 0.25) is 21.8 Å². The van der Waals surface area contributed by atoms with E-state index in [0.29, 0.717) is 53.7 Å². The zero-order valence-electron chi connectivity index (χ0n) is 26.3. The third-order valence-corrected chi connectivity index (χ3v) is 12.8. The van der Waals surface area contributed by atoms with Gasteiger partial charge in [0.05, 0.1) is 35.2 Å². The maximum absolute atomic E-state index is 15.0. The molecule has 5 atom stereocenters. The first-order chi connectivity index (χ1) is 22.6. The molecule has 6 rings (SSSR count). The SMILES string of the molecule is C=CCCN(Cc1ncco1)S(=O)(=O)C1CCc2cc(Cl)ccc2C12COc1ccc(C(N)=O)cc1N(C[C@@H]1CC[C@H]1[C@@H](O)C=C)C2. The number of hydrogen-bond acceptors (Lipinski definition) is 8. The Hall–Kier alpha value is -3.64. The molecule has 1 aliphatic heterocycles. The number of carbonyl (C=O) groups excluding carboxylic acids is 1. The van der Waals surface area contributed by atoms with Crippen LogP contribution in [0.15, 0.2) is 78.6 Å². The van der Waals surface area contributed by atoms with Gasteiger partial charge in [0.25, 0.3) is 0 Å². The van der Waals surface area contributed by atoms with Crippen molar-refractivity contribution in [1.82, 2.24) is 9.29 Å². The topological polar surface area (TPSA) is 139 Å². The Morgan fingerprint density at radius 1 is 1.23 bits per heavy atom. The summed E-state index contributed by atoms with van der Waals surface area (Å²) in [6.07, 6.45) is 8.61. The number of amides is 1. The number of aliphatic hydroxyl groups is 1. The van der Waals surface area contributed by atoms with Gasteiger partial charge in [-0.1, -0.05) is 29.8 Å². The maximum Gasteiger partial charge on any atom is 0.248 e. The summed E-state index contributed by atoms with van der Waals surface area (Å²) in [6.45, 7) is 8.68. The molecule has 2 heterocycles. The minimum absolute atomic E-state index is 0.0147. The van der Waals surface area contributed by atoms with Crippen LogP contribution >= 0.6 is 11.6 Å². The second kappa shape index (κ2) is 13.5. The number of nitrogens with zero attached hydrogens (tertiary/aromatic N) is 3. The fourth-order valence-corrected chi connectivity index (χ4v) is 10.0. The van der Waals surface area contributed by atoms with Crippen LogP contribution in [0.1, 0.15) is 53.1 Å². The summed E-state index contributed by atoms with van der Waals surface area (Å²) in [5.41, 5.74) is 7.51. The summed E-state index contributed by atoms with van der Waals surface area (Å²) in [7, 11) is -4.01. The Bertz CT molecular complexity index is 1750. The summed E-state index contributed by atoms with van der Waals surface area (Å²) in [5, 5.41) is 10.4. The number of aliphatic hydroxyl groups excluding tert-OH is 1. The van der Waals surface area contributed by atoms with Gasteiger partial charge in [-0.05, 0) is 85.4 Å². The highest BCUT2D eigenvalue weighted by atomic mass is 35.5. The fraction of sp³-hybridized carbons (Fsp3) is 0.429. The van der Waals surface area contributed by atoms with Gasteiger partial charge in [-0.15, -0.1) is 13.2 Å². The van der Waals surface area contributed by atoms with Crippen molar-refractivity contribution in [2.24, 2.45) is 17.6 Å². The zero-order chi connectivity index (χ0) is 33.3. The van der Waals surface area contributed by atoms with Gasteiger partial charge < -0.3 is 24.9 Å². The second-order valence-corrected chi connectivity index (χ2v) is 15.4. The summed E-state index contributed by atoms with van der Waals surface area (Å²) >= 11 is 6.48. The number of aryl methyl sites for hydroxylation is 1. The van der Waals surface area contributed by atoms with Crippen molar-refractivity contribution in [1.29, 1.82) is 0 Å². The van der Waals surface area contributed by atoms with Crippen LogP contribution in [0.5, 0.6) is 5.75 Å². The average molecular weight is 681 g/mol. The molecule has 3 N–H and O–H groups in total. The molecular formula is C35H41ClN4O6S. The largest absolute Gasteiger partial charge is 0.490 e. The van der Waals surface area contributed by atoms with Crippen molar-refractivity contribution in [3.8, 4) is 5.75 Å². The Balaban J connectivity index is 1.49. The standard InChI is InChI=1S/C35H41ClN4O6S/c1-3-5-15-40(20-33-38-14-16-45-33)47(43,44)32-13-8-23-17-26(36)9-11-28(23)35(32)21-39(19-25-6-10-27(25)30(41)4-2)29-18-24(34(37)42)7-12-31(29)46-22-35/h3-4,7,9,11-12,14,16-18,25,27,30,32,41H,1-2,5-6,8,10,13,15,19-22H2,(H2,37,42)/t25-,27+,30-,32?,35?/m0/s1. The van der Waals surface area contributed by atoms with Crippen molar-refractivity contribution < 1.29 is 27.5 Å². The smallest absolute Gasteiger partial charge is 0.248 e. The Morgan fingerprint density at radius 2 is 2.06 bits per heavy atom. The number of carbonyl (C=O) groups is 1. The van der Waals surface area contributed by atoms with Crippen LogP contribution in [0.25, 0.3) is 0 Å². The minimum atomic E-state index is -4.01. The number of ether oxygens (including phenoxy) is 1. The van der Waals surface area contributed by atoms with E-state index in [1.54, 1.807) is 36.4 Å². The molecule has 3 aliphatic rings. The van der Waals surface area contributed by atoms with Crippen LogP contribution in [0.4, 0.5) is 5.69 Å². The van der Waals surface area contributed by atoms with Crippen LogP contribution in [-0.4, -0.2) is 66.3 Å². The second-order valence-electron chi connectivity index (χ2n) is 12.8. The fourth-order valence-electron chi connectivity index (χ4n) is 7.59. The summed E-state index contributed by atoms with van der Waals surface area (Å²) in [4.78, 5) is 18.7. The number of halogens is 1. The minimum Gasteiger partial charge on any atom is -0.490 e. The van der Waals surface area contributed by atoms with Crippen LogP contribution in [0.2, 0.25) is 5.02 Å². The molecule has 2 aliphatic carbocycles. The number of rotatable bonds is 12. The number of sulfonamides is 1. The Morgan fingerprint density at radius 3 is 2.74 bits per heavy atom. The lowest BCUT2D eigenvalue weighted by molar-refractivity contribution is 0.0460. The molecule has 1 aromatic heterocycles. The molecule has 0 radical (unpaired) electrons. The lowest BCUT2D eigenvalue weighted by atomic mass is 9.68. The number of benzene rings is 2. The van der Waals surface area contributed by atoms with Gasteiger partial charge in [0.1, 0.15) is 18.6 Å². The lowest BCUT2D eigenvalue weighted by Gasteiger charge is -2.48. The number of primary amides is 1. The van der Waals surface area contributed by atoms with Crippen molar-refractivity contribution in [2.75, 3.05) is 31.1 Å². The van der Waals surface area contributed by atoms with E-state index >= 15 is 0 Å². The molecule has 2 aromatic carbocycles. The number of oxazole rings is 1.